The minimum atomic E-state index is -3.03. The van der Waals surface area contributed by atoms with E-state index in [0.717, 1.165) is 6.07 Å². The van der Waals surface area contributed by atoms with E-state index in [4.69, 9.17) is 9.84 Å². The monoisotopic (exact) mass is 247 g/mol. The summed E-state index contributed by atoms with van der Waals surface area (Å²) in [6.45, 7) is -1.61. The Balaban J connectivity index is 3.08. The number of nitrogens with zero attached hydrogens (tertiary/aromatic N) is 1. The molecule has 17 heavy (non-hydrogen) atoms. The van der Waals surface area contributed by atoms with E-state index in [-0.39, 0.29) is 17.3 Å². The van der Waals surface area contributed by atoms with E-state index in [1.165, 1.54) is 20.1 Å². The molecule has 0 bridgehead atoms. The van der Waals surface area contributed by atoms with Crippen LogP contribution in [0.15, 0.2) is 12.1 Å². The third-order valence-electron chi connectivity index (χ3n) is 2.09. The van der Waals surface area contributed by atoms with Crippen LogP contribution in [0.2, 0.25) is 0 Å². The molecule has 1 aromatic rings. The van der Waals surface area contributed by atoms with Gasteiger partial charge in [0.2, 0.25) is 11.8 Å². The Kier molecular flexibility index (Phi) is 4.19. The second kappa shape index (κ2) is 5.42. The SMILES string of the molecule is COc1cc(C(C)C(=O)O)cc(OC(F)F)n1. The Bertz CT molecular complexity index is 411. The number of rotatable bonds is 5. The number of carbonyl (C=O) groups is 1. The number of pyridine rings is 1. The van der Waals surface area contributed by atoms with Crippen molar-refractivity contribution in [1.82, 2.24) is 4.98 Å². The van der Waals surface area contributed by atoms with Gasteiger partial charge in [-0.3, -0.25) is 4.79 Å². The lowest BCUT2D eigenvalue weighted by Crippen LogP contribution is -2.10. The van der Waals surface area contributed by atoms with Gasteiger partial charge < -0.3 is 14.6 Å². The first-order chi connectivity index (χ1) is 7.93. The van der Waals surface area contributed by atoms with Gasteiger partial charge in [0.15, 0.2) is 0 Å². The summed E-state index contributed by atoms with van der Waals surface area (Å²) >= 11 is 0. The van der Waals surface area contributed by atoms with Crippen molar-refractivity contribution in [3.05, 3.63) is 17.7 Å². The first-order valence-electron chi connectivity index (χ1n) is 4.67. The Morgan fingerprint density at radius 1 is 1.41 bits per heavy atom. The van der Waals surface area contributed by atoms with Crippen LogP contribution in [0.3, 0.4) is 0 Å². The van der Waals surface area contributed by atoms with Crippen molar-refractivity contribution in [2.45, 2.75) is 19.5 Å². The Labute approximate surface area is 96.0 Å². The van der Waals surface area contributed by atoms with Crippen molar-refractivity contribution >= 4 is 5.97 Å². The van der Waals surface area contributed by atoms with Crippen molar-refractivity contribution in [3.63, 3.8) is 0 Å². The van der Waals surface area contributed by atoms with Gasteiger partial charge in [-0.05, 0) is 12.5 Å². The van der Waals surface area contributed by atoms with Crippen molar-refractivity contribution in [2.75, 3.05) is 7.11 Å². The highest BCUT2D eigenvalue weighted by Crippen LogP contribution is 2.25. The van der Waals surface area contributed by atoms with Crippen molar-refractivity contribution in [1.29, 1.82) is 0 Å². The smallest absolute Gasteiger partial charge is 0.388 e. The predicted octanol–water partition coefficient (Wildman–Crippen LogP) is 1.88. The van der Waals surface area contributed by atoms with E-state index in [1.807, 2.05) is 0 Å². The third kappa shape index (κ3) is 3.54. The number of methoxy groups -OCH3 is 1. The van der Waals surface area contributed by atoms with Crippen molar-refractivity contribution < 1.29 is 28.2 Å². The fourth-order valence-electron chi connectivity index (χ4n) is 1.15. The molecule has 7 heteroatoms. The average Bonchev–Trinajstić information content (AvgIpc) is 2.26. The molecule has 94 valence electrons. The minimum absolute atomic E-state index is 0.0197. The summed E-state index contributed by atoms with van der Waals surface area (Å²) < 4.78 is 32.9. The van der Waals surface area contributed by atoms with E-state index in [1.54, 1.807) is 0 Å². The number of halogens is 2. The molecule has 1 rings (SSSR count). The molecular weight excluding hydrogens is 236 g/mol. The molecule has 1 aromatic heterocycles. The van der Waals surface area contributed by atoms with E-state index in [9.17, 15) is 13.6 Å². The summed E-state index contributed by atoms with van der Waals surface area (Å²) in [6, 6.07) is 2.50. The maximum atomic E-state index is 12.0. The summed E-state index contributed by atoms with van der Waals surface area (Å²) in [5.41, 5.74) is 0.278. The molecule has 0 fully saturated rings. The Morgan fingerprint density at radius 3 is 2.47 bits per heavy atom. The number of aromatic nitrogens is 1. The van der Waals surface area contributed by atoms with Gasteiger partial charge in [-0.25, -0.2) is 0 Å². The largest absolute Gasteiger partial charge is 0.481 e. The lowest BCUT2D eigenvalue weighted by Gasteiger charge is -2.11. The molecule has 0 saturated heterocycles. The first kappa shape index (κ1) is 13.1. The molecular formula is C10H11F2NO4. The van der Waals surface area contributed by atoms with E-state index < -0.39 is 18.5 Å². The summed E-state index contributed by atoms with van der Waals surface area (Å²) in [4.78, 5) is 14.4. The number of aliphatic carboxylic acids is 1. The average molecular weight is 247 g/mol. The molecule has 0 aromatic carbocycles. The number of carboxylic acids is 1. The maximum absolute atomic E-state index is 12.0. The highest BCUT2D eigenvalue weighted by atomic mass is 19.3. The van der Waals surface area contributed by atoms with Crippen molar-refractivity contribution in [2.24, 2.45) is 0 Å². The highest BCUT2D eigenvalue weighted by Gasteiger charge is 2.17. The fraction of sp³-hybridized carbons (Fsp3) is 0.400. The zero-order chi connectivity index (χ0) is 13.0. The van der Waals surface area contributed by atoms with Crippen LogP contribution in [0.4, 0.5) is 8.78 Å². The van der Waals surface area contributed by atoms with Gasteiger partial charge in [-0.1, -0.05) is 0 Å². The molecule has 1 N–H and O–H groups in total. The molecule has 5 nitrogen and oxygen atoms in total. The van der Waals surface area contributed by atoms with Gasteiger partial charge in [-0.2, -0.15) is 13.8 Å². The van der Waals surface area contributed by atoms with Crippen molar-refractivity contribution in [3.8, 4) is 11.8 Å². The zero-order valence-electron chi connectivity index (χ0n) is 9.18. The molecule has 1 unspecified atom stereocenters. The second-order valence-corrected chi connectivity index (χ2v) is 3.22. The Morgan fingerprint density at radius 2 is 2.00 bits per heavy atom. The molecule has 0 amide bonds. The quantitative estimate of drug-likeness (QED) is 0.860. The lowest BCUT2D eigenvalue weighted by atomic mass is 10.0. The van der Waals surface area contributed by atoms with Gasteiger partial charge in [0.1, 0.15) is 0 Å². The Hall–Kier alpha value is -1.92. The molecule has 1 heterocycles. The van der Waals surface area contributed by atoms with Gasteiger partial charge in [-0.15, -0.1) is 0 Å². The minimum Gasteiger partial charge on any atom is -0.481 e. The fourth-order valence-corrected chi connectivity index (χ4v) is 1.15. The van der Waals surface area contributed by atoms with E-state index >= 15 is 0 Å². The van der Waals surface area contributed by atoms with Crippen LogP contribution >= 0.6 is 0 Å². The van der Waals surface area contributed by atoms with E-state index in [0.29, 0.717) is 0 Å². The van der Waals surface area contributed by atoms with Crippen LogP contribution < -0.4 is 9.47 Å². The summed E-state index contributed by atoms with van der Waals surface area (Å²) in [7, 11) is 1.30. The number of hydrogen-bond acceptors (Lipinski definition) is 4. The number of ether oxygens (including phenoxy) is 2. The maximum Gasteiger partial charge on any atom is 0.388 e. The molecule has 1 atom stereocenters. The molecule has 0 aliphatic rings. The number of hydrogen-bond donors (Lipinski definition) is 1. The number of carboxylic acid groups (broad SMARTS) is 1. The molecule has 0 saturated carbocycles. The van der Waals surface area contributed by atoms with Gasteiger partial charge in [0, 0.05) is 12.1 Å². The van der Waals surface area contributed by atoms with Gasteiger partial charge in [0.25, 0.3) is 0 Å². The van der Waals surface area contributed by atoms with Crippen LogP contribution in [0.5, 0.6) is 11.8 Å². The summed E-state index contributed by atoms with van der Waals surface area (Å²) in [5, 5.41) is 8.82. The van der Waals surface area contributed by atoms with Gasteiger partial charge in [0.05, 0.1) is 13.0 Å². The predicted molar refractivity (Wildman–Crippen MR) is 53.5 cm³/mol. The highest BCUT2D eigenvalue weighted by molar-refractivity contribution is 5.75. The van der Waals surface area contributed by atoms with Crippen LogP contribution in [0.1, 0.15) is 18.4 Å². The van der Waals surface area contributed by atoms with Crippen LogP contribution in [-0.4, -0.2) is 29.8 Å². The summed E-state index contributed by atoms with van der Waals surface area (Å²) in [6.07, 6.45) is 0. The zero-order valence-corrected chi connectivity index (χ0v) is 9.18. The normalized spacial score (nSPS) is 12.3. The molecule has 0 radical (unpaired) electrons. The molecule has 0 aliphatic heterocycles. The first-order valence-corrected chi connectivity index (χ1v) is 4.67. The lowest BCUT2D eigenvalue weighted by molar-refractivity contribution is -0.138. The number of alkyl halides is 2. The summed E-state index contributed by atoms with van der Waals surface area (Å²) in [5.74, 6) is -2.30. The van der Waals surface area contributed by atoms with Crippen LogP contribution in [0.25, 0.3) is 0 Å². The third-order valence-corrected chi connectivity index (χ3v) is 2.09. The van der Waals surface area contributed by atoms with E-state index in [2.05, 4.69) is 9.72 Å². The molecule has 0 spiro atoms. The topological polar surface area (TPSA) is 68.7 Å². The van der Waals surface area contributed by atoms with Crippen LogP contribution in [0, 0.1) is 0 Å². The van der Waals surface area contributed by atoms with Crippen LogP contribution in [-0.2, 0) is 4.79 Å². The second-order valence-electron chi connectivity index (χ2n) is 3.22. The van der Waals surface area contributed by atoms with Gasteiger partial charge >= 0.3 is 12.6 Å². The molecule has 0 aliphatic carbocycles. The standard InChI is InChI=1S/C10H11F2NO4/c1-5(9(14)15)6-3-7(16-2)13-8(4-6)17-10(11)12/h3-5,10H,1-2H3,(H,14,15).